The van der Waals surface area contributed by atoms with E-state index in [4.69, 9.17) is 23.2 Å². The summed E-state index contributed by atoms with van der Waals surface area (Å²) in [6.07, 6.45) is 3.07. The van der Waals surface area contributed by atoms with Crippen LogP contribution < -0.4 is 5.32 Å². The molecule has 0 spiro atoms. The van der Waals surface area contributed by atoms with Gasteiger partial charge in [-0.2, -0.15) is 0 Å². The maximum atomic E-state index is 11.5. The molecule has 0 atom stereocenters. The van der Waals surface area contributed by atoms with Gasteiger partial charge in [0.25, 0.3) is 0 Å². The number of nitrogens with one attached hydrogen (secondary N) is 1. The van der Waals surface area contributed by atoms with E-state index >= 15 is 0 Å². The van der Waals surface area contributed by atoms with Crippen LogP contribution in [0.4, 0.5) is 0 Å². The summed E-state index contributed by atoms with van der Waals surface area (Å²) < 4.78 is 0. The van der Waals surface area contributed by atoms with Crippen LogP contribution in [0.1, 0.15) is 19.4 Å². The highest BCUT2D eigenvalue weighted by atomic mass is 35.5. The summed E-state index contributed by atoms with van der Waals surface area (Å²) in [5, 5.41) is 3.84. The fourth-order valence-electron chi connectivity index (χ4n) is 1.19. The molecule has 1 rings (SSSR count). The van der Waals surface area contributed by atoms with E-state index in [0.717, 1.165) is 0 Å². The van der Waals surface area contributed by atoms with Crippen LogP contribution in [0, 0.1) is 5.92 Å². The van der Waals surface area contributed by atoms with E-state index in [2.05, 4.69) is 5.32 Å². The smallest absolute Gasteiger partial charge is 0.244 e. The lowest BCUT2D eigenvalue weighted by molar-refractivity contribution is -0.116. The van der Waals surface area contributed by atoms with Gasteiger partial charge in [0.15, 0.2) is 0 Å². The first-order valence-corrected chi connectivity index (χ1v) is 6.16. The minimum Gasteiger partial charge on any atom is -0.352 e. The predicted octanol–water partition coefficient (Wildman–Crippen LogP) is 3.78. The first kappa shape index (κ1) is 14.1. The zero-order valence-corrected chi connectivity index (χ0v) is 11.3. The Morgan fingerprint density at radius 1 is 1.35 bits per heavy atom. The molecule has 0 aliphatic heterocycles. The number of amides is 1. The van der Waals surface area contributed by atoms with Gasteiger partial charge < -0.3 is 5.32 Å². The van der Waals surface area contributed by atoms with Gasteiger partial charge in [-0.15, -0.1) is 0 Å². The van der Waals surface area contributed by atoms with Crippen LogP contribution in [0.2, 0.25) is 10.0 Å². The van der Waals surface area contributed by atoms with Gasteiger partial charge in [-0.25, -0.2) is 0 Å². The molecule has 0 unspecified atom stereocenters. The average molecular weight is 272 g/mol. The van der Waals surface area contributed by atoms with Gasteiger partial charge in [0.1, 0.15) is 0 Å². The number of hydrogen-bond acceptors (Lipinski definition) is 1. The Kier molecular flexibility index (Phi) is 5.52. The van der Waals surface area contributed by atoms with Gasteiger partial charge in [-0.1, -0.05) is 43.1 Å². The van der Waals surface area contributed by atoms with Gasteiger partial charge >= 0.3 is 0 Å². The van der Waals surface area contributed by atoms with Crippen LogP contribution in [0.15, 0.2) is 24.3 Å². The molecule has 0 saturated heterocycles. The second kappa shape index (κ2) is 6.67. The third kappa shape index (κ3) is 4.80. The maximum absolute atomic E-state index is 11.5. The molecule has 1 N–H and O–H groups in total. The molecule has 0 aliphatic carbocycles. The van der Waals surface area contributed by atoms with E-state index in [1.165, 1.54) is 6.08 Å². The van der Waals surface area contributed by atoms with Gasteiger partial charge in [0.2, 0.25) is 5.91 Å². The van der Waals surface area contributed by atoms with E-state index < -0.39 is 0 Å². The molecule has 0 saturated carbocycles. The Labute approximate surface area is 112 Å². The number of carbonyl (C=O) groups is 1. The Balaban J connectivity index is 2.67. The molecule has 2 nitrogen and oxygen atoms in total. The Morgan fingerprint density at radius 2 is 1.94 bits per heavy atom. The first-order valence-electron chi connectivity index (χ1n) is 5.40. The van der Waals surface area contributed by atoms with Crippen LogP contribution in [-0.4, -0.2) is 12.5 Å². The zero-order chi connectivity index (χ0) is 12.8. The van der Waals surface area contributed by atoms with Gasteiger partial charge in [-0.05, 0) is 24.1 Å². The molecule has 17 heavy (non-hydrogen) atoms. The number of rotatable bonds is 4. The van der Waals surface area contributed by atoms with Crippen molar-refractivity contribution in [1.82, 2.24) is 5.32 Å². The largest absolute Gasteiger partial charge is 0.352 e. The van der Waals surface area contributed by atoms with Crippen LogP contribution in [0.3, 0.4) is 0 Å². The molecule has 0 heterocycles. The Morgan fingerprint density at radius 3 is 2.47 bits per heavy atom. The van der Waals surface area contributed by atoms with Gasteiger partial charge in [0.05, 0.1) is 0 Å². The van der Waals surface area contributed by atoms with E-state index in [1.54, 1.807) is 24.3 Å². The van der Waals surface area contributed by atoms with E-state index in [9.17, 15) is 4.79 Å². The standard InChI is InChI=1S/C13H15Cl2NO/c1-9(2)8-16-13(17)7-6-10-11(14)4-3-5-12(10)15/h3-7,9H,8H2,1-2H3,(H,16,17)/b7-6+. The fourth-order valence-corrected chi connectivity index (χ4v) is 1.72. The van der Waals surface area contributed by atoms with Crippen molar-refractivity contribution in [2.45, 2.75) is 13.8 Å². The summed E-state index contributed by atoms with van der Waals surface area (Å²) in [7, 11) is 0. The van der Waals surface area contributed by atoms with E-state index in [0.29, 0.717) is 28.1 Å². The molecular formula is C13H15Cl2NO. The number of hydrogen-bond donors (Lipinski definition) is 1. The summed E-state index contributed by atoms with van der Waals surface area (Å²) >= 11 is 11.9. The van der Waals surface area contributed by atoms with Gasteiger partial charge in [0, 0.05) is 28.2 Å². The normalized spacial score (nSPS) is 11.1. The molecule has 0 aromatic heterocycles. The Hall–Kier alpha value is -0.990. The average Bonchev–Trinajstić information content (AvgIpc) is 2.25. The van der Waals surface area contributed by atoms with Crippen molar-refractivity contribution >= 4 is 35.2 Å². The predicted molar refractivity (Wildman–Crippen MR) is 73.3 cm³/mol. The number of benzene rings is 1. The quantitative estimate of drug-likeness (QED) is 0.830. The third-order valence-corrected chi connectivity index (χ3v) is 2.74. The van der Waals surface area contributed by atoms with Crippen molar-refractivity contribution in [2.75, 3.05) is 6.54 Å². The monoisotopic (exact) mass is 271 g/mol. The first-order chi connectivity index (χ1) is 8.00. The summed E-state index contributed by atoms with van der Waals surface area (Å²) in [5.74, 6) is 0.283. The lowest BCUT2D eigenvalue weighted by Crippen LogP contribution is -2.25. The van der Waals surface area contributed by atoms with Crippen molar-refractivity contribution in [3.8, 4) is 0 Å². The highest BCUT2D eigenvalue weighted by molar-refractivity contribution is 6.37. The number of carbonyl (C=O) groups excluding carboxylic acids is 1. The van der Waals surface area contributed by atoms with Crippen LogP contribution in [-0.2, 0) is 4.79 Å². The fraction of sp³-hybridized carbons (Fsp3) is 0.308. The third-order valence-electron chi connectivity index (χ3n) is 2.09. The summed E-state index contributed by atoms with van der Waals surface area (Å²) in [4.78, 5) is 11.5. The second-order valence-corrected chi connectivity index (χ2v) is 4.92. The molecular weight excluding hydrogens is 257 g/mol. The molecule has 1 aromatic carbocycles. The topological polar surface area (TPSA) is 29.1 Å². The van der Waals surface area contributed by atoms with Gasteiger partial charge in [-0.3, -0.25) is 4.79 Å². The number of halogens is 2. The highest BCUT2D eigenvalue weighted by Gasteiger charge is 2.02. The summed E-state index contributed by atoms with van der Waals surface area (Å²) in [5.41, 5.74) is 0.663. The molecule has 4 heteroatoms. The highest BCUT2D eigenvalue weighted by Crippen LogP contribution is 2.25. The molecule has 1 aromatic rings. The Bertz CT molecular complexity index is 407. The zero-order valence-electron chi connectivity index (χ0n) is 9.84. The molecule has 0 fully saturated rings. The maximum Gasteiger partial charge on any atom is 0.244 e. The van der Waals surface area contributed by atoms with Crippen LogP contribution >= 0.6 is 23.2 Å². The SMILES string of the molecule is CC(C)CNC(=O)/C=C/c1c(Cl)cccc1Cl. The molecule has 1 amide bonds. The second-order valence-electron chi connectivity index (χ2n) is 4.11. The minimum absolute atomic E-state index is 0.144. The van der Waals surface area contributed by atoms with Crippen molar-refractivity contribution in [3.63, 3.8) is 0 Å². The summed E-state index contributed by atoms with van der Waals surface area (Å²) in [6.45, 7) is 4.73. The van der Waals surface area contributed by atoms with Crippen molar-refractivity contribution in [3.05, 3.63) is 39.9 Å². The molecule has 0 bridgehead atoms. The molecule has 0 radical (unpaired) electrons. The van der Waals surface area contributed by atoms with E-state index in [1.807, 2.05) is 13.8 Å². The molecule has 92 valence electrons. The lowest BCUT2D eigenvalue weighted by Gasteiger charge is -2.05. The van der Waals surface area contributed by atoms with Crippen molar-refractivity contribution in [2.24, 2.45) is 5.92 Å². The van der Waals surface area contributed by atoms with Crippen LogP contribution in [0.5, 0.6) is 0 Å². The minimum atomic E-state index is -0.144. The van der Waals surface area contributed by atoms with E-state index in [-0.39, 0.29) is 5.91 Å². The lowest BCUT2D eigenvalue weighted by atomic mass is 10.2. The summed E-state index contributed by atoms with van der Waals surface area (Å²) in [6, 6.07) is 5.24. The van der Waals surface area contributed by atoms with Crippen LogP contribution in [0.25, 0.3) is 6.08 Å². The van der Waals surface area contributed by atoms with Crippen molar-refractivity contribution < 1.29 is 4.79 Å². The van der Waals surface area contributed by atoms with Crippen molar-refractivity contribution in [1.29, 1.82) is 0 Å². The molecule has 0 aliphatic rings.